The second-order valence-corrected chi connectivity index (χ2v) is 8.24. The van der Waals surface area contributed by atoms with E-state index in [1.54, 1.807) is 6.07 Å². The van der Waals surface area contributed by atoms with E-state index in [2.05, 4.69) is 18.7 Å². The third kappa shape index (κ3) is 2.79. The van der Waals surface area contributed by atoms with Crippen LogP contribution in [0.1, 0.15) is 44.7 Å². The Morgan fingerprint density at radius 3 is 2.88 bits per heavy atom. The molecule has 1 unspecified atom stereocenters. The van der Waals surface area contributed by atoms with Crippen molar-refractivity contribution in [2.24, 2.45) is 11.8 Å². The number of hydrogen-bond acceptors (Lipinski definition) is 3. The molecule has 1 aromatic rings. The van der Waals surface area contributed by atoms with Gasteiger partial charge in [0.05, 0.1) is 5.60 Å². The molecule has 3 aliphatic rings. The van der Waals surface area contributed by atoms with Gasteiger partial charge in [0.2, 0.25) is 5.91 Å². The number of amides is 1. The van der Waals surface area contributed by atoms with Crippen LogP contribution in [0.3, 0.4) is 0 Å². The molecule has 2 fully saturated rings. The molecule has 0 aliphatic carbocycles. The van der Waals surface area contributed by atoms with Gasteiger partial charge in [-0.25, -0.2) is 0 Å². The van der Waals surface area contributed by atoms with Crippen LogP contribution in [0.5, 0.6) is 0 Å². The van der Waals surface area contributed by atoms with Crippen molar-refractivity contribution >= 4 is 5.91 Å². The van der Waals surface area contributed by atoms with E-state index < -0.39 is 0 Å². The molecule has 0 N–H and O–H groups in total. The van der Waals surface area contributed by atoms with E-state index in [0.717, 1.165) is 44.6 Å². The third-order valence-corrected chi connectivity index (χ3v) is 5.84. The smallest absolute Gasteiger partial charge is 0.250 e. The van der Waals surface area contributed by atoms with E-state index in [1.165, 1.54) is 0 Å². The molecule has 1 aromatic heterocycles. The van der Waals surface area contributed by atoms with Crippen molar-refractivity contribution in [3.63, 3.8) is 0 Å². The molecule has 4 heterocycles. The molecule has 5 nitrogen and oxygen atoms in total. The van der Waals surface area contributed by atoms with Gasteiger partial charge in [0, 0.05) is 49.8 Å². The highest BCUT2D eigenvalue weighted by Gasteiger charge is 2.40. The van der Waals surface area contributed by atoms with Crippen LogP contribution >= 0.6 is 0 Å². The standard InChI is InChI=1S/C19H26N2O3/c1-19(2)9-14(6-7-24-19)18(23)20-10-13-8-15(12-20)16-4-3-5-17(22)21(16)11-13/h3-5,13-15H,6-12H2,1-2H3/t13-,14?,15+/m0/s1. The van der Waals surface area contributed by atoms with Crippen molar-refractivity contribution in [2.45, 2.75) is 51.2 Å². The lowest BCUT2D eigenvalue weighted by Gasteiger charge is -2.45. The molecule has 2 bridgehead atoms. The number of fused-ring (bicyclic) bond motifs is 4. The minimum Gasteiger partial charge on any atom is -0.376 e. The first-order valence-electron chi connectivity index (χ1n) is 9.05. The van der Waals surface area contributed by atoms with Crippen molar-refractivity contribution in [2.75, 3.05) is 19.7 Å². The van der Waals surface area contributed by atoms with Crippen molar-refractivity contribution in [1.82, 2.24) is 9.47 Å². The highest BCUT2D eigenvalue weighted by Crippen LogP contribution is 2.37. The molecule has 24 heavy (non-hydrogen) atoms. The van der Waals surface area contributed by atoms with E-state index in [4.69, 9.17) is 4.74 Å². The average Bonchev–Trinajstić information content (AvgIpc) is 2.54. The quantitative estimate of drug-likeness (QED) is 0.791. The van der Waals surface area contributed by atoms with Crippen molar-refractivity contribution in [3.05, 3.63) is 34.2 Å². The second kappa shape index (κ2) is 5.73. The average molecular weight is 330 g/mol. The number of aromatic nitrogens is 1. The van der Waals surface area contributed by atoms with Crippen LogP contribution in [-0.2, 0) is 16.1 Å². The molecule has 0 saturated carbocycles. The van der Waals surface area contributed by atoms with Crippen LogP contribution in [0.25, 0.3) is 0 Å². The summed E-state index contributed by atoms with van der Waals surface area (Å²) in [5.74, 6) is 1.05. The molecule has 3 atom stereocenters. The number of pyridine rings is 1. The number of piperidine rings is 1. The first-order valence-corrected chi connectivity index (χ1v) is 9.05. The summed E-state index contributed by atoms with van der Waals surface area (Å²) < 4.78 is 7.67. The van der Waals surface area contributed by atoms with E-state index in [0.29, 0.717) is 18.4 Å². The Balaban J connectivity index is 1.54. The Labute approximate surface area is 142 Å². The summed E-state index contributed by atoms with van der Waals surface area (Å²) in [6.07, 6.45) is 2.71. The van der Waals surface area contributed by atoms with Crippen molar-refractivity contribution in [3.8, 4) is 0 Å². The van der Waals surface area contributed by atoms with Crippen molar-refractivity contribution in [1.29, 1.82) is 0 Å². The van der Waals surface area contributed by atoms with Gasteiger partial charge in [0.25, 0.3) is 5.56 Å². The lowest BCUT2D eigenvalue weighted by molar-refractivity contribution is -0.148. The largest absolute Gasteiger partial charge is 0.376 e. The molecular weight excluding hydrogens is 304 g/mol. The zero-order valence-corrected chi connectivity index (χ0v) is 14.5. The fraction of sp³-hybridized carbons (Fsp3) is 0.684. The first kappa shape index (κ1) is 15.9. The number of hydrogen-bond donors (Lipinski definition) is 0. The van der Waals surface area contributed by atoms with Gasteiger partial charge in [-0.3, -0.25) is 9.59 Å². The topological polar surface area (TPSA) is 51.5 Å². The van der Waals surface area contributed by atoms with Gasteiger partial charge in [0.15, 0.2) is 0 Å². The van der Waals surface area contributed by atoms with E-state index in [9.17, 15) is 9.59 Å². The minimum atomic E-state index is -0.204. The van der Waals surface area contributed by atoms with E-state index in [1.807, 2.05) is 16.7 Å². The summed E-state index contributed by atoms with van der Waals surface area (Å²) in [6, 6.07) is 5.53. The highest BCUT2D eigenvalue weighted by atomic mass is 16.5. The molecule has 130 valence electrons. The maximum absolute atomic E-state index is 13.1. The van der Waals surface area contributed by atoms with Gasteiger partial charge in [0.1, 0.15) is 0 Å². The van der Waals surface area contributed by atoms with Crippen LogP contribution in [0.15, 0.2) is 23.0 Å². The fourth-order valence-corrected chi connectivity index (χ4v) is 4.78. The minimum absolute atomic E-state index is 0.0746. The Hall–Kier alpha value is -1.62. The monoisotopic (exact) mass is 330 g/mol. The predicted octanol–water partition coefficient (Wildman–Crippen LogP) is 2.00. The molecule has 2 saturated heterocycles. The van der Waals surface area contributed by atoms with Gasteiger partial charge in [-0.2, -0.15) is 0 Å². The maximum atomic E-state index is 13.1. The Kier molecular flexibility index (Phi) is 3.79. The van der Waals surface area contributed by atoms with Crippen LogP contribution in [0.4, 0.5) is 0 Å². The van der Waals surface area contributed by atoms with Gasteiger partial charge >= 0.3 is 0 Å². The number of rotatable bonds is 1. The zero-order chi connectivity index (χ0) is 16.9. The second-order valence-electron chi connectivity index (χ2n) is 8.24. The Morgan fingerprint density at radius 2 is 2.08 bits per heavy atom. The van der Waals surface area contributed by atoms with Crippen LogP contribution in [0.2, 0.25) is 0 Å². The first-order chi connectivity index (χ1) is 11.4. The highest BCUT2D eigenvalue weighted by molar-refractivity contribution is 5.79. The molecule has 1 amide bonds. The number of likely N-dealkylation sites (tertiary alicyclic amines) is 1. The molecule has 4 rings (SSSR count). The molecule has 0 aromatic carbocycles. The van der Waals surface area contributed by atoms with Crippen LogP contribution < -0.4 is 5.56 Å². The summed E-state index contributed by atoms with van der Waals surface area (Å²) in [5, 5.41) is 0. The lowest BCUT2D eigenvalue weighted by atomic mass is 9.81. The number of ether oxygens (including phenoxy) is 1. The summed E-state index contributed by atoms with van der Waals surface area (Å²) in [5.41, 5.74) is 0.987. The van der Waals surface area contributed by atoms with E-state index in [-0.39, 0.29) is 23.0 Å². The molecule has 0 spiro atoms. The Bertz CT molecular complexity index is 709. The van der Waals surface area contributed by atoms with Gasteiger partial charge in [-0.1, -0.05) is 6.07 Å². The van der Waals surface area contributed by atoms with Gasteiger partial charge < -0.3 is 14.2 Å². The fourth-order valence-electron chi connectivity index (χ4n) is 4.78. The SMILES string of the molecule is CC1(C)CC(C(=O)N2C[C@@H]3C[C@H](C2)c2cccc(=O)n2C3)CCO1. The summed E-state index contributed by atoms with van der Waals surface area (Å²) in [6.45, 7) is 7.08. The molecule has 5 heteroatoms. The van der Waals surface area contributed by atoms with E-state index >= 15 is 0 Å². The normalized spacial score (nSPS) is 31.4. The summed E-state index contributed by atoms with van der Waals surface area (Å²) in [4.78, 5) is 27.2. The number of carbonyl (C=O) groups excluding carboxylic acids is 1. The number of carbonyl (C=O) groups is 1. The van der Waals surface area contributed by atoms with Crippen LogP contribution in [-0.4, -0.2) is 40.7 Å². The van der Waals surface area contributed by atoms with Gasteiger partial charge in [-0.15, -0.1) is 0 Å². The lowest BCUT2D eigenvalue weighted by Crippen LogP contribution is -2.52. The van der Waals surface area contributed by atoms with Gasteiger partial charge in [-0.05, 0) is 45.1 Å². The molecule has 3 aliphatic heterocycles. The maximum Gasteiger partial charge on any atom is 0.250 e. The van der Waals surface area contributed by atoms with Crippen molar-refractivity contribution < 1.29 is 9.53 Å². The molecule has 0 radical (unpaired) electrons. The number of nitrogens with zero attached hydrogens (tertiary/aromatic N) is 2. The summed E-state index contributed by atoms with van der Waals surface area (Å²) in [7, 11) is 0. The summed E-state index contributed by atoms with van der Waals surface area (Å²) >= 11 is 0. The molecular formula is C19H26N2O3. The third-order valence-electron chi connectivity index (χ3n) is 5.84. The predicted molar refractivity (Wildman–Crippen MR) is 90.9 cm³/mol. The zero-order valence-electron chi connectivity index (χ0n) is 14.5. The Morgan fingerprint density at radius 1 is 1.25 bits per heavy atom. The van der Waals surface area contributed by atoms with Crippen LogP contribution in [0, 0.1) is 11.8 Å².